The third-order valence-electron chi connectivity index (χ3n) is 6.49. The van der Waals surface area contributed by atoms with Gasteiger partial charge in [-0.15, -0.1) is 0 Å². The van der Waals surface area contributed by atoms with Crippen LogP contribution >= 0.6 is 0 Å². The van der Waals surface area contributed by atoms with Gasteiger partial charge >= 0.3 is 0 Å². The molecule has 0 aromatic heterocycles. The van der Waals surface area contributed by atoms with E-state index in [-0.39, 0.29) is 5.69 Å². The lowest BCUT2D eigenvalue weighted by atomic mass is 9.49. The summed E-state index contributed by atoms with van der Waals surface area (Å²) in [5, 5.41) is 10.7. The minimum Gasteiger partial charge on any atom is -0.369 e. The van der Waals surface area contributed by atoms with Gasteiger partial charge in [-0.25, -0.2) is 4.39 Å². The SMILES string of the molecule is O=[N+]([O-])c1ccc(N2CCC(C3CC4(CCC4)C3)CC2)c(F)c1. The highest BCUT2D eigenvalue weighted by molar-refractivity contribution is 5.52. The van der Waals surface area contributed by atoms with Crippen LogP contribution in [0.15, 0.2) is 18.2 Å². The molecule has 4 rings (SSSR count). The van der Waals surface area contributed by atoms with E-state index in [1.54, 1.807) is 6.07 Å². The molecule has 1 aromatic carbocycles. The Morgan fingerprint density at radius 3 is 2.39 bits per heavy atom. The van der Waals surface area contributed by atoms with Crippen molar-refractivity contribution in [2.24, 2.45) is 17.3 Å². The number of nitro benzene ring substituents is 1. The summed E-state index contributed by atoms with van der Waals surface area (Å²) < 4.78 is 14.1. The Kier molecular flexibility index (Phi) is 3.54. The minimum atomic E-state index is -0.550. The largest absolute Gasteiger partial charge is 0.369 e. The van der Waals surface area contributed by atoms with Gasteiger partial charge < -0.3 is 4.90 Å². The van der Waals surface area contributed by atoms with Crippen LogP contribution in [-0.4, -0.2) is 18.0 Å². The fourth-order valence-electron chi connectivity index (χ4n) is 4.95. The molecule has 0 radical (unpaired) electrons. The van der Waals surface area contributed by atoms with Gasteiger partial charge in [-0.2, -0.15) is 0 Å². The number of hydrogen-bond acceptors (Lipinski definition) is 3. The van der Waals surface area contributed by atoms with Gasteiger partial charge in [0.1, 0.15) is 0 Å². The van der Waals surface area contributed by atoms with Crippen LogP contribution in [0.1, 0.15) is 44.9 Å². The van der Waals surface area contributed by atoms with Crippen molar-refractivity contribution in [3.63, 3.8) is 0 Å². The van der Waals surface area contributed by atoms with E-state index in [0.29, 0.717) is 5.69 Å². The van der Waals surface area contributed by atoms with Crippen molar-refractivity contribution in [1.29, 1.82) is 0 Å². The van der Waals surface area contributed by atoms with Crippen LogP contribution < -0.4 is 4.90 Å². The Morgan fingerprint density at radius 1 is 1.17 bits per heavy atom. The van der Waals surface area contributed by atoms with Gasteiger partial charge in [0.25, 0.3) is 5.69 Å². The smallest absolute Gasteiger partial charge is 0.272 e. The quantitative estimate of drug-likeness (QED) is 0.607. The van der Waals surface area contributed by atoms with E-state index in [0.717, 1.165) is 49.2 Å². The number of hydrogen-bond donors (Lipinski definition) is 0. The summed E-state index contributed by atoms with van der Waals surface area (Å²) in [6, 6.07) is 3.99. The third kappa shape index (κ3) is 2.60. The van der Waals surface area contributed by atoms with Gasteiger partial charge in [0.05, 0.1) is 16.7 Å². The van der Waals surface area contributed by atoms with Crippen LogP contribution in [0.4, 0.5) is 15.8 Å². The van der Waals surface area contributed by atoms with Gasteiger partial charge in [0.15, 0.2) is 5.82 Å². The Labute approximate surface area is 135 Å². The summed E-state index contributed by atoms with van der Waals surface area (Å²) in [5.74, 6) is 1.20. The molecule has 5 heteroatoms. The van der Waals surface area contributed by atoms with Crippen molar-refractivity contribution in [2.45, 2.75) is 44.9 Å². The zero-order chi connectivity index (χ0) is 16.0. The molecular formula is C18H23FN2O2. The van der Waals surface area contributed by atoms with Crippen LogP contribution in [0.5, 0.6) is 0 Å². The molecule has 3 fully saturated rings. The molecule has 0 amide bonds. The molecule has 2 saturated carbocycles. The number of nitrogens with zero attached hydrogens (tertiary/aromatic N) is 2. The molecule has 0 N–H and O–H groups in total. The predicted octanol–water partition coefficient (Wildman–Crippen LogP) is 4.53. The van der Waals surface area contributed by atoms with Gasteiger partial charge in [0, 0.05) is 19.2 Å². The summed E-state index contributed by atoms with van der Waals surface area (Å²) >= 11 is 0. The first-order valence-electron chi connectivity index (χ1n) is 8.75. The average Bonchev–Trinajstić information content (AvgIpc) is 2.45. The average molecular weight is 318 g/mol. The van der Waals surface area contributed by atoms with E-state index < -0.39 is 10.7 Å². The predicted molar refractivity (Wildman–Crippen MR) is 87.0 cm³/mol. The number of halogens is 1. The summed E-state index contributed by atoms with van der Waals surface area (Å²) in [6.07, 6.45) is 9.39. The Morgan fingerprint density at radius 2 is 1.87 bits per heavy atom. The molecule has 124 valence electrons. The van der Waals surface area contributed by atoms with Crippen molar-refractivity contribution < 1.29 is 9.31 Å². The van der Waals surface area contributed by atoms with Crippen molar-refractivity contribution >= 4 is 11.4 Å². The standard InChI is InChI=1S/C18H23FN2O2/c19-16-10-15(21(22)23)2-3-17(16)20-8-4-13(5-9-20)14-11-18(12-14)6-1-7-18/h2-3,10,13-14H,1,4-9,11-12H2. The molecule has 0 atom stereocenters. The Bertz CT molecular complexity index is 613. The zero-order valence-corrected chi connectivity index (χ0v) is 13.3. The van der Waals surface area contributed by atoms with E-state index in [4.69, 9.17) is 0 Å². The normalized spacial score (nSPS) is 24.3. The van der Waals surface area contributed by atoms with Gasteiger partial charge in [0.2, 0.25) is 0 Å². The molecule has 0 bridgehead atoms. The molecule has 1 heterocycles. The second-order valence-corrected chi connectivity index (χ2v) is 7.74. The Balaban J connectivity index is 1.35. The first-order valence-corrected chi connectivity index (χ1v) is 8.75. The number of nitro groups is 1. The summed E-state index contributed by atoms with van der Waals surface area (Å²) in [5.41, 5.74) is 1.06. The lowest BCUT2D eigenvalue weighted by Crippen LogP contribution is -2.47. The Hall–Kier alpha value is -1.65. The van der Waals surface area contributed by atoms with Gasteiger partial charge in [-0.05, 0) is 61.8 Å². The fourth-order valence-corrected chi connectivity index (χ4v) is 4.95. The molecule has 1 aromatic rings. The van der Waals surface area contributed by atoms with Crippen LogP contribution in [0.3, 0.4) is 0 Å². The van der Waals surface area contributed by atoms with Crippen molar-refractivity contribution in [3.8, 4) is 0 Å². The summed E-state index contributed by atoms with van der Waals surface area (Å²) in [4.78, 5) is 12.2. The number of piperidine rings is 1. The first kappa shape index (κ1) is 14.9. The molecule has 4 nitrogen and oxygen atoms in total. The second kappa shape index (κ2) is 5.46. The van der Waals surface area contributed by atoms with Gasteiger partial charge in [-0.1, -0.05) is 6.42 Å². The van der Waals surface area contributed by atoms with E-state index >= 15 is 0 Å². The summed E-state index contributed by atoms with van der Waals surface area (Å²) in [7, 11) is 0. The molecule has 1 aliphatic heterocycles. The van der Waals surface area contributed by atoms with Crippen molar-refractivity contribution in [1.82, 2.24) is 0 Å². The highest BCUT2D eigenvalue weighted by Crippen LogP contribution is 2.61. The molecule has 0 unspecified atom stereocenters. The molecule has 1 spiro atoms. The summed E-state index contributed by atoms with van der Waals surface area (Å²) in [6.45, 7) is 1.73. The van der Waals surface area contributed by atoms with Crippen LogP contribution in [0, 0.1) is 33.2 Å². The topological polar surface area (TPSA) is 46.4 Å². The van der Waals surface area contributed by atoms with E-state index in [1.807, 2.05) is 4.90 Å². The van der Waals surface area contributed by atoms with Crippen molar-refractivity contribution in [2.75, 3.05) is 18.0 Å². The minimum absolute atomic E-state index is 0.179. The molecule has 23 heavy (non-hydrogen) atoms. The lowest BCUT2D eigenvalue weighted by molar-refractivity contribution is -0.385. The molecule has 3 aliphatic rings. The van der Waals surface area contributed by atoms with Crippen molar-refractivity contribution in [3.05, 3.63) is 34.1 Å². The number of non-ortho nitro benzene ring substituents is 1. The maximum atomic E-state index is 14.1. The van der Waals surface area contributed by atoms with Crippen LogP contribution in [0.2, 0.25) is 0 Å². The van der Waals surface area contributed by atoms with E-state index in [9.17, 15) is 14.5 Å². The fraction of sp³-hybridized carbons (Fsp3) is 0.667. The van der Waals surface area contributed by atoms with E-state index in [2.05, 4.69) is 0 Å². The second-order valence-electron chi connectivity index (χ2n) is 7.74. The molecule has 2 aliphatic carbocycles. The molecule has 1 saturated heterocycles. The number of anilines is 1. The first-order chi connectivity index (χ1) is 11.1. The van der Waals surface area contributed by atoms with E-state index in [1.165, 1.54) is 38.2 Å². The highest BCUT2D eigenvalue weighted by Gasteiger charge is 2.50. The number of rotatable bonds is 3. The monoisotopic (exact) mass is 318 g/mol. The van der Waals surface area contributed by atoms with Gasteiger partial charge in [-0.3, -0.25) is 10.1 Å². The zero-order valence-electron chi connectivity index (χ0n) is 13.3. The number of benzene rings is 1. The highest BCUT2D eigenvalue weighted by atomic mass is 19.1. The lowest BCUT2D eigenvalue weighted by Gasteiger charge is -2.57. The maximum Gasteiger partial charge on any atom is 0.272 e. The molecular weight excluding hydrogens is 295 g/mol. The van der Waals surface area contributed by atoms with Crippen LogP contribution in [-0.2, 0) is 0 Å². The maximum absolute atomic E-state index is 14.1. The van der Waals surface area contributed by atoms with Crippen LogP contribution in [0.25, 0.3) is 0 Å². The third-order valence-corrected chi connectivity index (χ3v) is 6.49.